The predicted octanol–water partition coefficient (Wildman–Crippen LogP) is 16.5. The van der Waals surface area contributed by atoms with Crippen LogP contribution in [-0.2, 0) is 28.6 Å². The number of unbranched alkanes of at least 4 members (excludes halogenated alkanes) is 31. The second-order valence-corrected chi connectivity index (χ2v) is 18.8. The van der Waals surface area contributed by atoms with E-state index < -0.39 is 6.10 Å². The summed E-state index contributed by atoms with van der Waals surface area (Å²) in [7, 11) is 0. The van der Waals surface area contributed by atoms with Crippen molar-refractivity contribution in [3.05, 3.63) is 0 Å². The Labute approximate surface area is 361 Å². The molecule has 6 heteroatoms. The third-order valence-electron chi connectivity index (χ3n) is 11.7. The molecule has 0 aliphatic carbocycles. The third-order valence-corrected chi connectivity index (χ3v) is 11.7. The SMILES string of the molecule is CCCCCCCCCCCCCCCCCC(=O)OC[C@H](COC(=O)CCCCCCCCCCCC(C)C)OC(=O)CCCCCCCCCCCCC(C)C. The number of carbonyl (C=O) groups is 3. The molecule has 0 spiro atoms. The van der Waals surface area contributed by atoms with Gasteiger partial charge in [0.2, 0.25) is 0 Å². The van der Waals surface area contributed by atoms with E-state index in [0.29, 0.717) is 19.3 Å². The molecular weight excluding hydrogens is 721 g/mol. The number of carbonyl (C=O) groups excluding carboxylic acids is 3. The molecule has 0 rings (SSSR count). The van der Waals surface area contributed by atoms with Crippen molar-refractivity contribution in [2.75, 3.05) is 13.2 Å². The molecule has 0 bridgehead atoms. The van der Waals surface area contributed by atoms with Gasteiger partial charge in [-0.25, -0.2) is 0 Å². The Hall–Kier alpha value is -1.59. The summed E-state index contributed by atoms with van der Waals surface area (Å²) in [6.07, 6.45) is 45.2. The van der Waals surface area contributed by atoms with Gasteiger partial charge in [0, 0.05) is 19.3 Å². The van der Waals surface area contributed by atoms with E-state index in [0.717, 1.165) is 69.6 Å². The van der Waals surface area contributed by atoms with Crippen LogP contribution in [0.5, 0.6) is 0 Å². The fourth-order valence-corrected chi connectivity index (χ4v) is 7.81. The number of esters is 3. The Morgan fingerprint density at radius 3 is 0.845 bits per heavy atom. The van der Waals surface area contributed by atoms with Crippen molar-refractivity contribution in [2.24, 2.45) is 11.8 Å². The zero-order valence-electron chi connectivity index (χ0n) is 39.7. The summed E-state index contributed by atoms with van der Waals surface area (Å²) in [4.78, 5) is 37.9. The lowest BCUT2D eigenvalue weighted by atomic mass is 10.0. The van der Waals surface area contributed by atoms with Gasteiger partial charge in [-0.3, -0.25) is 14.4 Å². The molecule has 0 unspecified atom stereocenters. The Morgan fingerprint density at radius 2 is 0.569 bits per heavy atom. The quantitative estimate of drug-likeness (QED) is 0.0346. The van der Waals surface area contributed by atoms with Crippen molar-refractivity contribution >= 4 is 17.9 Å². The molecule has 0 aliphatic heterocycles. The summed E-state index contributed by atoms with van der Waals surface area (Å²) in [5, 5.41) is 0. The fourth-order valence-electron chi connectivity index (χ4n) is 7.81. The van der Waals surface area contributed by atoms with Crippen molar-refractivity contribution in [3.63, 3.8) is 0 Å². The molecule has 0 saturated heterocycles. The van der Waals surface area contributed by atoms with Gasteiger partial charge in [0.05, 0.1) is 0 Å². The molecule has 344 valence electrons. The molecule has 0 saturated carbocycles. The highest BCUT2D eigenvalue weighted by Gasteiger charge is 2.19. The highest BCUT2D eigenvalue weighted by atomic mass is 16.6. The van der Waals surface area contributed by atoms with E-state index in [9.17, 15) is 14.4 Å². The lowest BCUT2D eigenvalue weighted by molar-refractivity contribution is -0.167. The zero-order valence-corrected chi connectivity index (χ0v) is 39.7. The summed E-state index contributed by atoms with van der Waals surface area (Å²) < 4.78 is 16.8. The van der Waals surface area contributed by atoms with E-state index in [4.69, 9.17) is 14.2 Å². The first-order valence-corrected chi connectivity index (χ1v) is 25.7. The second-order valence-electron chi connectivity index (χ2n) is 18.8. The van der Waals surface area contributed by atoms with Crippen molar-refractivity contribution in [2.45, 2.75) is 291 Å². The topological polar surface area (TPSA) is 78.9 Å². The van der Waals surface area contributed by atoms with Gasteiger partial charge < -0.3 is 14.2 Å². The molecule has 0 aromatic heterocycles. The molecule has 6 nitrogen and oxygen atoms in total. The molecule has 0 amide bonds. The first-order valence-electron chi connectivity index (χ1n) is 25.7. The minimum absolute atomic E-state index is 0.0640. The van der Waals surface area contributed by atoms with Gasteiger partial charge in [0.25, 0.3) is 0 Å². The van der Waals surface area contributed by atoms with Crippen LogP contribution in [0.3, 0.4) is 0 Å². The van der Waals surface area contributed by atoms with Crippen molar-refractivity contribution < 1.29 is 28.6 Å². The van der Waals surface area contributed by atoms with Crippen LogP contribution in [0.15, 0.2) is 0 Å². The molecule has 0 heterocycles. The van der Waals surface area contributed by atoms with Gasteiger partial charge >= 0.3 is 17.9 Å². The molecule has 0 fully saturated rings. The average Bonchev–Trinajstić information content (AvgIpc) is 3.19. The molecule has 1 atom stereocenters. The third kappa shape index (κ3) is 45.5. The molecule has 0 aliphatic rings. The highest BCUT2D eigenvalue weighted by Crippen LogP contribution is 2.17. The van der Waals surface area contributed by atoms with Crippen LogP contribution in [-0.4, -0.2) is 37.2 Å². The Bertz CT molecular complexity index is 885. The Morgan fingerprint density at radius 1 is 0.328 bits per heavy atom. The average molecular weight is 821 g/mol. The zero-order chi connectivity index (χ0) is 42.6. The van der Waals surface area contributed by atoms with Gasteiger partial charge in [-0.1, -0.05) is 247 Å². The second kappa shape index (κ2) is 44.9. The van der Waals surface area contributed by atoms with Gasteiger partial charge in [0.1, 0.15) is 13.2 Å². The van der Waals surface area contributed by atoms with Crippen molar-refractivity contribution in [1.82, 2.24) is 0 Å². The fraction of sp³-hybridized carbons (Fsp3) is 0.942. The molecule has 0 N–H and O–H groups in total. The van der Waals surface area contributed by atoms with Gasteiger partial charge in [-0.15, -0.1) is 0 Å². The lowest BCUT2D eigenvalue weighted by Crippen LogP contribution is -2.30. The maximum atomic E-state index is 12.8. The maximum Gasteiger partial charge on any atom is 0.306 e. The van der Waals surface area contributed by atoms with Crippen molar-refractivity contribution in [1.29, 1.82) is 0 Å². The number of hydrogen-bond donors (Lipinski definition) is 0. The smallest absolute Gasteiger partial charge is 0.306 e. The van der Waals surface area contributed by atoms with Crippen LogP contribution in [0.4, 0.5) is 0 Å². The van der Waals surface area contributed by atoms with Gasteiger partial charge in [-0.2, -0.15) is 0 Å². The Kier molecular flexibility index (Phi) is 43.7. The summed E-state index contributed by atoms with van der Waals surface area (Å²) in [5.74, 6) is 0.775. The van der Waals surface area contributed by atoms with E-state index in [-0.39, 0.29) is 31.1 Å². The van der Waals surface area contributed by atoms with E-state index >= 15 is 0 Å². The minimum atomic E-state index is -0.762. The van der Waals surface area contributed by atoms with Crippen LogP contribution in [0.2, 0.25) is 0 Å². The first-order chi connectivity index (χ1) is 28.2. The van der Waals surface area contributed by atoms with Crippen LogP contribution in [0.25, 0.3) is 0 Å². The molecule has 58 heavy (non-hydrogen) atoms. The number of ether oxygens (including phenoxy) is 3. The van der Waals surface area contributed by atoms with Crippen LogP contribution >= 0.6 is 0 Å². The standard InChI is InChI=1S/C52H100O6/c1-6-7-8-9-10-11-12-13-14-15-16-22-27-32-37-42-50(53)56-45-49(46-57-51(54)43-38-33-28-24-19-21-26-31-36-41-48(4)5)58-52(55)44-39-34-29-23-18-17-20-25-30-35-40-47(2)3/h47-49H,6-46H2,1-5H3/t49-/m1/s1. The van der Waals surface area contributed by atoms with Crippen LogP contribution < -0.4 is 0 Å². The summed E-state index contributed by atoms with van der Waals surface area (Å²) in [6.45, 7) is 11.3. The highest BCUT2D eigenvalue weighted by molar-refractivity contribution is 5.71. The predicted molar refractivity (Wildman–Crippen MR) is 247 cm³/mol. The monoisotopic (exact) mass is 821 g/mol. The lowest BCUT2D eigenvalue weighted by Gasteiger charge is -2.18. The largest absolute Gasteiger partial charge is 0.462 e. The van der Waals surface area contributed by atoms with E-state index in [1.165, 1.54) is 173 Å². The summed E-state index contributed by atoms with van der Waals surface area (Å²) in [6, 6.07) is 0. The van der Waals surface area contributed by atoms with E-state index in [2.05, 4.69) is 34.6 Å². The van der Waals surface area contributed by atoms with E-state index in [1.807, 2.05) is 0 Å². The van der Waals surface area contributed by atoms with Gasteiger partial charge in [0.15, 0.2) is 6.10 Å². The summed E-state index contributed by atoms with van der Waals surface area (Å²) >= 11 is 0. The molecule has 0 radical (unpaired) electrons. The normalized spacial score (nSPS) is 12.1. The minimum Gasteiger partial charge on any atom is -0.462 e. The maximum absolute atomic E-state index is 12.8. The molecular formula is C52H100O6. The van der Waals surface area contributed by atoms with E-state index in [1.54, 1.807) is 0 Å². The first kappa shape index (κ1) is 56.4. The van der Waals surface area contributed by atoms with Crippen LogP contribution in [0, 0.1) is 11.8 Å². The van der Waals surface area contributed by atoms with Gasteiger partial charge in [-0.05, 0) is 31.1 Å². The van der Waals surface area contributed by atoms with Crippen molar-refractivity contribution in [3.8, 4) is 0 Å². The Balaban J connectivity index is 4.31. The molecule has 0 aromatic carbocycles. The summed E-state index contributed by atoms with van der Waals surface area (Å²) in [5.41, 5.74) is 0. The number of rotatable bonds is 46. The molecule has 0 aromatic rings. The van der Waals surface area contributed by atoms with Crippen LogP contribution in [0.1, 0.15) is 285 Å². The number of hydrogen-bond acceptors (Lipinski definition) is 6.